The molecule has 1 unspecified atom stereocenters. The Morgan fingerprint density at radius 2 is 1.71 bits per heavy atom. The van der Waals surface area contributed by atoms with Gasteiger partial charge in [0.1, 0.15) is 5.76 Å². The van der Waals surface area contributed by atoms with Gasteiger partial charge in [-0.25, -0.2) is 4.98 Å². The maximum atomic E-state index is 13.4. The lowest BCUT2D eigenvalue weighted by Gasteiger charge is -2.39. The minimum Gasteiger partial charge on any atom is -0.443 e. The van der Waals surface area contributed by atoms with Gasteiger partial charge in [0.05, 0.1) is 10.6 Å². The second-order valence-electron chi connectivity index (χ2n) is 11.4. The second kappa shape index (κ2) is 7.32. The van der Waals surface area contributed by atoms with Gasteiger partial charge in [0.2, 0.25) is 5.88 Å². The largest absolute Gasteiger partial charge is 0.443 e. The van der Waals surface area contributed by atoms with Gasteiger partial charge in [0, 0.05) is 54.0 Å². The minimum absolute atomic E-state index is 0.0296. The molecular weight excluding hydrogens is 432 g/mol. The fourth-order valence-corrected chi connectivity index (χ4v) is 5.81. The Balaban J connectivity index is 1.79. The summed E-state index contributed by atoms with van der Waals surface area (Å²) >= 11 is 0. The summed E-state index contributed by atoms with van der Waals surface area (Å²) in [5, 5.41) is 11.5. The van der Waals surface area contributed by atoms with E-state index in [1.54, 1.807) is 12.1 Å². The third-order valence-electron chi connectivity index (χ3n) is 7.19. The summed E-state index contributed by atoms with van der Waals surface area (Å²) < 4.78 is 6.32. The number of benzene rings is 1. The van der Waals surface area contributed by atoms with Gasteiger partial charge in [-0.1, -0.05) is 39.8 Å². The molecule has 1 aliphatic heterocycles. The lowest BCUT2D eigenvalue weighted by molar-refractivity contribution is -0.384. The molecule has 2 aromatic rings. The first-order chi connectivity index (χ1) is 15.9. The number of hydrogen-bond acceptors (Lipinski definition) is 6. The third kappa shape index (κ3) is 3.54. The SMILES string of the molecule is Cc1c2c(nc3c1C(c1cccc([N+](=O)[O-])c1)C1=C(CC(C)(C)CC1=O)O3)CC(C)(C)CC2=O. The van der Waals surface area contributed by atoms with Crippen LogP contribution in [0.4, 0.5) is 5.69 Å². The first-order valence-electron chi connectivity index (χ1n) is 11.6. The van der Waals surface area contributed by atoms with Crippen molar-refractivity contribution in [2.24, 2.45) is 10.8 Å². The number of carbonyl (C=O) groups excluding carboxylic acids is 2. The lowest BCUT2D eigenvalue weighted by Crippen LogP contribution is -2.35. The summed E-state index contributed by atoms with van der Waals surface area (Å²) in [6.07, 6.45) is 2.01. The predicted octanol–water partition coefficient (Wildman–Crippen LogP) is 5.62. The molecule has 5 rings (SSSR count). The van der Waals surface area contributed by atoms with Crippen LogP contribution in [-0.2, 0) is 11.2 Å². The molecule has 0 spiro atoms. The van der Waals surface area contributed by atoms with E-state index < -0.39 is 10.8 Å². The van der Waals surface area contributed by atoms with E-state index in [1.165, 1.54) is 12.1 Å². The number of nitro benzene ring substituents is 1. The van der Waals surface area contributed by atoms with Crippen molar-refractivity contribution >= 4 is 17.3 Å². The predicted molar refractivity (Wildman–Crippen MR) is 126 cm³/mol. The molecular formula is C27H28N2O5. The van der Waals surface area contributed by atoms with Crippen molar-refractivity contribution in [1.82, 2.24) is 4.98 Å². The number of pyridine rings is 1. The summed E-state index contributed by atoms with van der Waals surface area (Å²) in [6.45, 7) is 10.1. The molecule has 7 heteroatoms. The Morgan fingerprint density at radius 1 is 1.03 bits per heavy atom. The monoisotopic (exact) mass is 460 g/mol. The molecule has 1 atom stereocenters. The first-order valence-corrected chi connectivity index (χ1v) is 11.6. The van der Waals surface area contributed by atoms with Gasteiger partial charge in [-0.05, 0) is 35.3 Å². The quantitative estimate of drug-likeness (QED) is 0.426. The van der Waals surface area contributed by atoms with Crippen molar-refractivity contribution in [2.45, 2.75) is 66.2 Å². The number of non-ortho nitro benzene ring substituents is 1. The standard InChI is InChI=1S/C27H28N2O5/c1-14-21-17(10-26(2,3)11-18(21)30)28-25-22(14)23(15-7-6-8-16(9-15)29(32)33)24-19(31)12-27(4,5)13-20(24)34-25/h6-9,23H,10-13H2,1-5H3. The van der Waals surface area contributed by atoms with Crippen molar-refractivity contribution in [2.75, 3.05) is 0 Å². The average molecular weight is 461 g/mol. The van der Waals surface area contributed by atoms with Crippen LogP contribution in [0.3, 0.4) is 0 Å². The van der Waals surface area contributed by atoms with Gasteiger partial charge in [-0.15, -0.1) is 0 Å². The maximum Gasteiger partial charge on any atom is 0.269 e. The van der Waals surface area contributed by atoms with E-state index in [-0.39, 0.29) is 28.1 Å². The van der Waals surface area contributed by atoms with E-state index in [2.05, 4.69) is 13.8 Å². The van der Waals surface area contributed by atoms with Crippen molar-refractivity contribution < 1.29 is 19.2 Å². The van der Waals surface area contributed by atoms with Crippen LogP contribution in [0.1, 0.15) is 85.6 Å². The number of carbonyl (C=O) groups is 2. The average Bonchev–Trinajstić information content (AvgIpc) is 2.70. The fraction of sp³-hybridized carbons (Fsp3) is 0.444. The molecule has 0 saturated carbocycles. The van der Waals surface area contributed by atoms with Crippen molar-refractivity contribution in [1.29, 1.82) is 0 Å². The van der Waals surface area contributed by atoms with Crippen LogP contribution in [0.5, 0.6) is 5.88 Å². The van der Waals surface area contributed by atoms with Crippen molar-refractivity contribution in [3.8, 4) is 5.88 Å². The Labute approximate surface area is 198 Å². The molecule has 0 fully saturated rings. The van der Waals surface area contributed by atoms with E-state index in [0.29, 0.717) is 59.6 Å². The maximum absolute atomic E-state index is 13.4. The highest BCUT2D eigenvalue weighted by molar-refractivity contribution is 6.02. The number of aromatic nitrogens is 1. The van der Waals surface area contributed by atoms with E-state index in [9.17, 15) is 19.7 Å². The minimum atomic E-state index is -0.567. The van der Waals surface area contributed by atoms with E-state index in [4.69, 9.17) is 9.72 Å². The highest BCUT2D eigenvalue weighted by Gasteiger charge is 2.45. The van der Waals surface area contributed by atoms with Crippen LogP contribution in [0.2, 0.25) is 0 Å². The molecule has 0 amide bonds. The van der Waals surface area contributed by atoms with Crippen LogP contribution in [0.15, 0.2) is 35.6 Å². The molecule has 34 heavy (non-hydrogen) atoms. The van der Waals surface area contributed by atoms with Gasteiger partial charge in [0.15, 0.2) is 11.6 Å². The number of ketones is 2. The Morgan fingerprint density at radius 3 is 2.41 bits per heavy atom. The molecule has 176 valence electrons. The summed E-state index contributed by atoms with van der Waals surface area (Å²) in [5.41, 5.74) is 3.40. The number of fused-ring (bicyclic) bond motifs is 2. The third-order valence-corrected chi connectivity index (χ3v) is 7.19. The topological polar surface area (TPSA) is 99.4 Å². The molecule has 7 nitrogen and oxygen atoms in total. The summed E-state index contributed by atoms with van der Waals surface area (Å²) in [4.78, 5) is 42.5. The number of rotatable bonds is 2. The smallest absolute Gasteiger partial charge is 0.269 e. The van der Waals surface area contributed by atoms with E-state index >= 15 is 0 Å². The van der Waals surface area contributed by atoms with E-state index in [1.807, 2.05) is 20.8 Å². The normalized spacial score (nSPS) is 22.4. The highest BCUT2D eigenvalue weighted by atomic mass is 16.6. The van der Waals surface area contributed by atoms with Crippen LogP contribution < -0.4 is 4.74 Å². The van der Waals surface area contributed by atoms with Gasteiger partial charge >= 0.3 is 0 Å². The molecule has 0 N–H and O–H groups in total. The number of allylic oxidation sites excluding steroid dienone is 2. The fourth-order valence-electron chi connectivity index (χ4n) is 5.81. The summed E-state index contributed by atoms with van der Waals surface area (Å²) in [5.74, 6) is 0.425. The Kier molecular flexibility index (Phi) is 4.83. The summed E-state index contributed by atoms with van der Waals surface area (Å²) in [7, 11) is 0. The molecule has 2 aliphatic carbocycles. The number of nitro groups is 1. The Hall–Kier alpha value is -3.35. The van der Waals surface area contributed by atoms with Gasteiger partial charge in [-0.3, -0.25) is 19.7 Å². The summed E-state index contributed by atoms with van der Waals surface area (Å²) in [6, 6.07) is 6.39. The van der Waals surface area contributed by atoms with Crippen LogP contribution in [0, 0.1) is 27.9 Å². The highest BCUT2D eigenvalue weighted by Crippen LogP contribution is 2.52. The van der Waals surface area contributed by atoms with Crippen LogP contribution >= 0.6 is 0 Å². The molecule has 0 saturated heterocycles. The lowest BCUT2D eigenvalue weighted by atomic mass is 9.68. The zero-order valence-electron chi connectivity index (χ0n) is 20.2. The van der Waals surface area contributed by atoms with Gasteiger partial charge < -0.3 is 4.74 Å². The van der Waals surface area contributed by atoms with Crippen LogP contribution in [0.25, 0.3) is 0 Å². The first kappa shape index (κ1) is 22.4. The van der Waals surface area contributed by atoms with Gasteiger partial charge in [-0.2, -0.15) is 0 Å². The molecule has 3 aliphatic rings. The zero-order valence-corrected chi connectivity index (χ0v) is 20.2. The Bertz CT molecular complexity index is 1320. The van der Waals surface area contributed by atoms with Crippen molar-refractivity contribution in [3.05, 3.63) is 73.7 Å². The molecule has 2 heterocycles. The second-order valence-corrected chi connectivity index (χ2v) is 11.4. The molecule has 0 bridgehead atoms. The van der Waals surface area contributed by atoms with Gasteiger partial charge in [0.25, 0.3) is 5.69 Å². The number of nitrogens with zero attached hydrogens (tertiary/aromatic N) is 2. The number of hydrogen-bond donors (Lipinski definition) is 0. The molecule has 1 aromatic heterocycles. The number of ether oxygens (including phenoxy) is 1. The van der Waals surface area contributed by atoms with Crippen molar-refractivity contribution in [3.63, 3.8) is 0 Å². The zero-order chi connectivity index (χ0) is 24.6. The number of Topliss-reactive ketones (excluding diaryl/α,β-unsaturated/α-hetero) is 2. The molecule has 0 radical (unpaired) electrons. The van der Waals surface area contributed by atoms with E-state index in [0.717, 1.165) is 11.3 Å². The molecule has 1 aromatic carbocycles. The van der Waals surface area contributed by atoms with Crippen LogP contribution in [-0.4, -0.2) is 21.5 Å².